The summed E-state index contributed by atoms with van der Waals surface area (Å²) in [5.74, 6) is 0.0265. The Bertz CT molecular complexity index is 1650. The SMILES string of the molecule is CNCCN1CCOCC1.Cc1ccc(C(c2ccc3nc(C=O)cc(-c4cccc(C)c4)c3c2)c2cncn2C)cc1. The lowest BCUT2D eigenvalue weighted by Crippen LogP contribution is -2.39. The van der Waals surface area contributed by atoms with Gasteiger partial charge in [-0.2, -0.15) is 0 Å². The maximum atomic E-state index is 11.6. The third kappa shape index (κ3) is 7.43. The van der Waals surface area contributed by atoms with Gasteiger partial charge in [0.2, 0.25) is 0 Å². The topological polar surface area (TPSA) is 72.3 Å². The summed E-state index contributed by atoms with van der Waals surface area (Å²) in [5, 5.41) is 4.16. The van der Waals surface area contributed by atoms with Crippen LogP contribution in [0.4, 0.5) is 0 Å². The van der Waals surface area contributed by atoms with Crippen LogP contribution in [0, 0.1) is 13.8 Å². The Balaban J connectivity index is 0.000000314. The molecule has 3 heterocycles. The van der Waals surface area contributed by atoms with E-state index in [4.69, 9.17) is 4.74 Å². The maximum absolute atomic E-state index is 11.6. The van der Waals surface area contributed by atoms with Crippen LogP contribution < -0.4 is 5.32 Å². The first-order chi connectivity index (χ1) is 21.0. The van der Waals surface area contributed by atoms with Crippen molar-refractivity contribution in [1.29, 1.82) is 0 Å². The highest BCUT2D eigenvalue weighted by molar-refractivity contribution is 5.97. The number of morpholine rings is 1. The molecule has 6 rings (SSSR count). The van der Waals surface area contributed by atoms with E-state index < -0.39 is 0 Å². The number of fused-ring (bicyclic) bond motifs is 1. The van der Waals surface area contributed by atoms with Crippen LogP contribution in [0.25, 0.3) is 22.0 Å². The van der Waals surface area contributed by atoms with Gasteiger partial charge in [-0.15, -0.1) is 0 Å². The number of rotatable bonds is 8. The number of aromatic nitrogens is 3. The third-order valence-electron chi connectivity index (χ3n) is 7.98. The average molecular weight is 576 g/mol. The number of aldehydes is 1. The van der Waals surface area contributed by atoms with Crippen LogP contribution in [-0.2, 0) is 11.8 Å². The van der Waals surface area contributed by atoms with Gasteiger partial charge in [-0.25, -0.2) is 9.97 Å². The van der Waals surface area contributed by atoms with E-state index in [9.17, 15) is 4.79 Å². The molecule has 1 saturated heterocycles. The van der Waals surface area contributed by atoms with E-state index in [1.54, 1.807) is 0 Å². The minimum atomic E-state index is 0.0265. The molecule has 0 spiro atoms. The van der Waals surface area contributed by atoms with Crippen molar-refractivity contribution < 1.29 is 9.53 Å². The van der Waals surface area contributed by atoms with Gasteiger partial charge in [0.05, 0.1) is 31.0 Å². The first kappa shape index (κ1) is 30.3. The normalized spacial score (nSPS) is 14.2. The standard InChI is InChI=1S/C29H25N3O.C7H16N2O/c1-19-7-9-21(10-8-19)29(28-16-30-18-32(28)3)23-11-12-27-26(14-23)25(15-24(17-33)31-27)22-6-4-5-20(2)13-22;1-8-2-3-9-4-6-10-7-5-9/h4-18,29H,1-3H3;8H,2-7H2,1H3. The van der Waals surface area contributed by atoms with Crippen LogP contribution in [0.1, 0.15) is 44.4 Å². The molecule has 7 nitrogen and oxygen atoms in total. The molecular weight excluding hydrogens is 534 g/mol. The van der Waals surface area contributed by atoms with Crippen molar-refractivity contribution >= 4 is 17.2 Å². The molecule has 1 aliphatic rings. The molecule has 1 aliphatic heterocycles. The van der Waals surface area contributed by atoms with Crippen LogP contribution in [0.2, 0.25) is 0 Å². The fourth-order valence-corrected chi connectivity index (χ4v) is 5.59. The number of ether oxygens (including phenoxy) is 1. The molecule has 2 aromatic heterocycles. The number of hydrogen-bond donors (Lipinski definition) is 1. The van der Waals surface area contributed by atoms with Gasteiger partial charge in [0.1, 0.15) is 5.69 Å². The van der Waals surface area contributed by atoms with Crippen molar-refractivity contribution in [3.8, 4) is 11.1 Å². The van der Waals surface area contributed by atoms with E-state index in [0.717, 1.165) is 79.0 Å². The second-order valence-corrected chi connectivity index (χ2v) is 11.2. The van der Waals surface area contributed by atoms with Crippen molar-refractivity contribution in [2.45, 2.75) is 19.8 Å². The van der Waals surface area contributed by atoms with Gasteiger partial charge in [-0.3, -0.25) is 9.69 Å². The highest BCUT2D eigenvalue weighted by Crippen LogP contribution is 2.36. The van der Waals surface area contributed by atoms with Crippen molar-refractivity contribution in [2.75, 3.05) is 46.4 Å². The number of aryl methyl sites for hydroxylation is 3. The monoisotopic (exact) mass is 575 g/mol. The van der Waals surface area contributed by atoms with Gasteiger partial charge in [0.15, 0.2) is 6.29 Å². The predicted molar refractivity (Wildman–Crippen MR) is 174 cm³/mol. The van der Waals surface area contributed by atoms with E-state index >= 15 is 0 Å². The molecule has 5 aromatic rings. The molecule has 1 fully saturated rings. The van der Waals surface area contributed by atoms with Gasteiger partial charge in [0.25, 0.3) is 0 Å². The summed E-state index contributed by atoms with van der Waals surface area (Å²) >= 11 is 0. The summed E-state index contributed by atoms with van der Waals surface area (Å²) < 4.78 is 7.29. The van der Waals surface area contributed by atoms with Gasteiger partial charge >= 0.3 is 0 Å². The number of hydrogen-bond acceptors (Lipinski definition) is 6. The largest absolute Gasteiger partial charge is 0.379 e. The number of likely N-dealkylation sites (N-methyl/N-ethyl adjacent to an activating group) is 1. The Morgan fingerprint density at radius 3 is 2.40 bits per heavy atom. The van der Waals surface area contributed by atoms with Gasteiger partial charge in [-0.05, 0) is 61.3 Å². The number of carbonyl (C=O) groups is 1. The lowest BCUT2D eigenvalue weighted by molar-refractivity contribution is 0.0386. The highest BCUT2D eigenvalue weighted by Gasteiger charge is 2.21. The average Bonchev–Trinajstić information content (AvgIpc) is 3.46. The number of pyridine rings is 1. The summed E-state index contributed by atoms with van der Waals surface area (Å²) in [6.07, 6.45) is 4.59. The Morgan fingerprint density at radius 1 is 0.953 bits per heavy atom. The zero-order valence-electron chi connectivity index (χ0n) is 25.6. The van der Waals surface area contributed by atoms with E-state index in [1.165, 1.54) is 16.7 Å². The van der Waals surface area contributed by atoms with E-state index in [-0.39, 0.29) is 5.92 Å². The quantitative estimate of drug-likeness (QED) is 0.237. The number of benzene rings is 3. The first-order valence-electron chi connectivity index (χ1n) is 14.9. The van der Waals surface area contributed by atoms with E-state index in [2.05, 4.69) is 93.2 Å². The summed E-state index contributed by atoms with van der Waals surface area (Å²) in [5.41, 5.74) is 9.23. The van der Waals surface area contributed by atoms with Crippen molar-refractivity contribution in [3.05, 3.63) is 119 Å². The molecule has 7 heteroatoms. The maximum Gasteiger partial charge on any atom is 0.168 e. The third-order valence-corrected chi connectivity index (χ3v) is 7.98. The smallest absolute Gasteiger partial charge is 0.168 e. The molecule has 0 aliphatic carbocycles. The summed E-state index contributed by atoms with van der Waals surface area (Å²) in [6, 6.07) is 25.3. The molecule has 222 valence electrons. The fraction of sp³-hybridized carbons (Fsp3) is 0.306. The predicted octanol–water partition coefficient (Wildman–Crippen LogP) is 5.78. The van der Waals surface area contributed by atoms with Gasteiger partial charge in [0, 0.05) is 50.5 Å². The van der Waals surface area contributed by atoms with Gasteiger partial charge in [-0.1, -0.05) is 65.7 Å². The van der Waals surface area contributed by atoms with E-state index in [1.807, 2.05) is 44.8 Å². The highest BCUT2D eigenvalue weighted by atomic mass is 16.5. The molecule has 0 saturated carbocycles. The second-order valence-electron chi connectivity index (χ2n) is 11.2. The van der Waals surface area contributed by atoms with Crippen molar-refractivity contribution in [3.63, 3.8) is 0 Å². The molecule has 1 unspecified atom stereocenters. The molecule has 1 N–H and O–H groups in total. The molecule has 0 amide bonds. The summed E-state index contributed by atoms with van der Waals surface area (Å²) in [7, 11) is 4.01. The summed E-state index contributed by atoms with van der Waals surface area (Å²) in [4.78, 5) is 23.0. The second kappa shape index (κ2) is 14.3. The van der Waals surface area contributed by atoms with Crippen LogP contribution >= 0.6 is 0 Å². The van der Waals surface area contributed by atoms with Crippen LogP contribution in [0.3, 0.4) is 0 Å². The fourth-order valence-electron chi connectivity index (χ4n) is 5.59. The Labute approximate surface area is 254 Å². The van der Waals surface area contributed by atoms with Crippen LogP contribution in [0.15, 0.2) is 85.3 Å². The lowest BCUT2D eigenvalue weighted by Gasteiger charge is -2.26. The minimum absolute atomic E-state index is 0.0265. The van der Waals surface area contributed by atoms with E-state index in [0.29, 0.717) is 5.69 Å². The zero-order chi connectivity index (χ0) is 30.2. The number of imidazole rings is 1. The Hall–Kier alpha value is -4.17. The molecule has 1 atom stereocenters. The number of nitrogens with zero attached hydrogens (tertiary/aromatic N) is 4. The minimum Gasteiger partial charge on any atom is -0.379 e. The molecule has 3 aromatic carbocycles. The Kier molecular flexibility index (Phi) is 10.1. The number of nitrogens with one attached hydrogen (secondary N) is 1. The molecule has 0 bridgehead atoms. The van der Waals surface area contributed by atoms with Crippen LogP contribution in [-0.4, -0.2) is 72.2 Å². The zero-order valence-corrected chi connectivity index (χ0v) is 25.6. The molecular formula is C36H41N5O2. The first-order valence-corrected chi connectivity index (χ1v) is 14.9. The number of carbonyl (C=O) groups excluding carboxylic acids is 1. The van der Waals surface area contributed by atoms with Crippen molar-refractivity contribution in [1.82, 2.24) is 24.8 Å². The van der Waals surface area contributed by atoms with Crippen molar-refractivity contribution in [2.24, 2.45) is 7.05 Å². The molecule has 0 radical (unpaired) electrons. The lowest BCUT2D eigenvalue weighted by atomic mass is 9.86. The molecule has 43 heavy (non-hydrogen) atoms. The summed E-state index contributed by atoms with van der Waals surface area (Å²) in [6.45, 7) is 10.4. The van der Waals surface area contributed by atoms with Crippen LogP contribution in [0.5, 0.6) is 0 Å². The van der Waals surface area contributed by atoms with Gasteiger partial charge < -0.3 is 14.6 Å². The Morgan fingerprint density at radius 2 is 1.72 bits per heavy atom.